The quantitative estimate of drug-likeness (QED) is 0.747. The highest BCUT2D eigenvalue weighted by molar-refractivity contribution is 5.92. The number of imidazole rings is 1. The van der Waals surface area contributed by atoms with E-state index >= 15 is 0 Å². The Balaban J connectivity index is 1.69. The Hall–Kier alpha value is -1.36. The first-order valence-electron chi connectivity index (χ1n) is 6.27. The van der Waals surface area contributed by atoms with Crippen LogP contribution in [0.3, 0.4) is 0 Å². The average molecular weight is 234 g/mol. The van der Waals surface area contributed by atoms with Crippen molar-refractivity contribution in [3.63, 3.8) is 0 Å². The first-order chi connectivity index (χ1) is 8.24. The molecule has 0 bridgehead atoms. The fourth-order valence-corrected chi connectivity index (χ4v) is 3.18. The Morgan fingerprint density at radius 2 is 2.24 bits per heavy atom. The second-order valence-electron chi connectivity index (χ2n) is 5.27. The van der Waals surface area contributed by atoms with Crippen molar-refractivity contribution in [1.82, 2.24) is 14.9 Å². The smallest absolute Gasteiger partial charge is 0.271 e. The van der Waals surface area contributed by atoms with Crippen molar-refractivity contribution < 1.29 is 4.79 Å². The number of hydrogen-bond acceptors (Lipinski definition) is 3. The summed E-state index contributed by atoms with van der Waals surface area (Å²) < 4.78 is 0. The molecule has 1 amide bonds. The molecule has 0 aromatic carbocycles. The van der Waals surface area contributed by atoms with Gasteiger partial charge in [-0.25, -0.2) is 4.98 Å². The van der Waals surface area contributed by atoms with E-state index in [9.17, 15) is 4.79 Å². The number of likely N-dealkylation sites (tertiary alicyclic amines) is 1. The van der Waals surface area contributed by atoms with E-state index in [0.717, 1.165) is 25.9 Å². The van der Waals surface area contributed by atoms with Gasteiger partial charge in [0, 0.05) is 19.1 Å². The topological polar surface area (TPSA) is 75.0 Å². The Morgan fingerprint density at radius 3 is 3.00 bits per heavy atom. The van der Waals surface area contributed by atoms with Crippen molar-refractivity contribution in [3.05, 3.63) is 18.2 Å². The maximum Gasteiger partial charge on any atom is 0.271 e. The molecule has 2 fully saturated rings. The van der Waals surface area contributed by atoms with Crippen LogP contribution in [-0.2, 0) is 0 Å². The van der Waals surface area contributed by atoms with Crippen LogP contribution < -0.4 is 5.73 Å². The third-order valence-corrected chi connectivity index (χ3v) is 4.11. The molecule has 1 aliphatic carbocycles. The second-order valence-corrected chi connectivity index (χ2v) is 5.27. The van der Waals surface area contributed by atoms with Gasteiger partial charge >= 0.3 is 0 Å². The molecule has 2 heterocycles. The number of H-pyrrole nitrogens is 1. The van der Waals surface area contributed by atoms with Crippen LogP contribution in [0.5, 0.6) is 0 Å². The van der Waals surface area contributed by atoms with E-state index in [-0.39, 0.29) is 5.91 Å². The zero-order valence-corrected chi connectivity index (χ0v) is 9.80. The molecule has 3 atom stereocenters. The molecule has 1 saturated heterocycles. The summed E-state index contributed by atoms with van der Waals surface area (Å²) in [6.45, 7) is 1.74. The lowest BCUT2D eigenvalue weighted by molar-refractivity contribution is 0.0778. The van der Waals surface area contributed by atoms with Gasteiger partial charge in [0.2, 0.25) is 0 Å². The highest BCUT2D eigenvalue weighted by Gasteiger charge is 2.38. The van der Waals surface area contributed by atoms with E-state index < -0.39 is 0 Å². The first kappa shape index (κ1) is 10.8. The van der Waals surface area contributed by atoms with Crippen LogP contribution in [0.15, 0.2) is 12.5 Å². The molecule has 1 aromatic rings. The van der Waals surface area contributed by atoms with Crippen LogP contribution in [0, 0.1) is 11.8 Å². The van der Waals surface area contributed by atoms with Gasteiger partial charge in [0.15, 0.2) is 0 Å². The molecular weight excluding hydrogens is 216 g/mol. The molecule has 3 rings (SSSR count). The fraction of sp³-hybridized carbons (Fsp3) is 0.667. The summed E-state index contributed by atoms with van der Waals surface area (Å²) in [5.41, 5.74) is 6.58. The first-order valence-corrected chi connectivity index (χ1v) is 6.27. The van der Waals surface area contributed by atoms with E-state index in [1.165, 1.54) is 6.42 Å². The number of nitrogens with two attached hydrogens (primary N) is 1. The van der Waals surface area contributed by atoms with E-state index in [2.05, 4.69) is 9.97 Å². The van der Waals surface area contributed by atoms with Gasteiger partial charge in [0.05, 0.1) is 12.5 Å². The summed E-state index contributed by atoms with van der Waals surface area (Å²) in [6.07, 6.45) is 6.48. The van der Waals surface area contributed by atoms with Gasteiger partial charge in [0.25, 0.3) is 5.91 Å². The third kappa shape index (κ3) is 1.95. The van der Waals surface area contributed by atoms with E-state index in [4.69, 9.17) is 5.73 Å². The number of hydrogen-bond donors (Lipinski definition) is 2. The summed E-state index contributed by atoms with van der Waals surface area (Å²) in [5, 5.41) is 0. The fourth-order valence-electron chi connectivity index (χ4n) is 3.18. The minimum absolute atomic E-state index is 0.0745. The van der Waals surface area contributed by atoms with Crippen LogP contribution in [0.25, 0.3) is 0 Å². The number of rotatable bonds is 1. The summed E-state index contributed by atoms with van der Waals surface area (Å²) in [4.78, 5) is 20.9. The van der Waals surface area contributed by atoms with Gasteiger partial charge in [-0.1, -0.05) is 0 Å². The van der Waals surface area contributed by atoms with Crippen LogP contribution in [0.1, 0.15) is 29.8 Å². The molecule has 92 valence electrons. The zero-order valence-electron chi connectivity index (χ0n) is 9.80. The molecule has 0 spiro atoms. The molecule has 1 aromatic heterocycles. The van der Waals surface area contributed by atoms with Crippen molar-refractivity contribution in [1.29, 1.82) is 0 Å². The number of aromatic nitrogens is 2. The van der Waals surface area contributed by atoms with Gasteiger partial charge in [-0.05, 0) is 31.1 Å². The Morgan fingerprint density at radius 1 is 1.41 bits per heavy atom. The molecular formula is C12H18N4O. The number of carbonyl (C=O) groups is 1. The average Bonchev–Trinajstić information content (AvgIpc) is 2.96. The van der Waals surface area contributed by atoms with Gasteiger partial charge in [-0.2, -0.15) is 0 Å². The van der Waals surface area contributed by atoms with Gasteiger partial charge in [-0.15, -0.1) is 0 Å². The minimum atomic E-state index is 0.0745. The SMILES string of the molecule is NC1CC[C@@H]2CN(C(=O)c3cnc[nH]3)C[C@@H]2C1. The zero-order chi connectivity index (χ0) is 11.8. The summed E-state index contributed by atoms with van der Waals surface area (Å²) in [6, 6.07) is 0.332. The Kier molecular flexibility index (Phi) is 2.63. The number of carbonyl (C=O) groups excluding carboxylic acids is 1. The van der Waals surface area contributed by atoms with Crippen LogP contribution in [0.4, 0.5) is 0 Å². The number of fused-ring (bicyclic) bond motifs is 1. The number of amides is 1. The summed E-state index contributed by atoms with van der Waals surface area (Å²) in [7, 11) is 0. The molecule has 5 heteroatoms. The predicted octanol–water partition coefficient (Wildman–Crippen LogP) is 0.609. The van der Waals surface area contributed by atoms with Crippen molar-refractivity contribution in [2.75, 3.05) is 13.1 Å². The standard InChI is InChI=1S/C12H18N4O/c13-10-2-1-8-5-16(6-9(8)3-10)12(17)11-4-14-7-15-11/h4,7-10H,1-3,5-6,13H2,(H,14,15)/t8-,9+,10?/m1/s1. The minimum Gasteiger partial charge on any atom is -0.341 e. The third-order valence-electron chi connectivity index (χ3n) is 4.11. The maximum absolute atomic E-state index is 12.2. The molecule has 1 aliphatic heterocycles. The monoisotopic (exact) mass is 234 g/mol. The highest BCUT2D eigenvalue weighted by Crippen LogP contribution is 2.35. The second kappa shape index (κ2) is 4.14. The van der Waals surface area contributed by atoms with Crippen molar-refractivity contribution in [2.45, 2.75) is 25.3 Å². The largest absolute Gasteiger partial charge is 0.341 e. The molecule has 17 heavy (non-hydrogen) atoms. The highest BCUT2D eigenvalue weighted by atomic mass is 16.2. The van der Waals surface area contributed by atoms with Gasteiger partial charge in [-0.3, -0.25) is 4.79 Å². The molecule has 1 saturated carbocycles. The van der Waals surface area contributed by atoms with E-state index in [1.807, 2.05) is 4.90 Å². The summed E-state index contributed by atoms with van der Waals surface area (Å²) >= 11 is 0. The Labute approximate surface area is 100 Å². The van der Waals surface area contributed by atoms with E-state index in [0.29, 0.717) is 23.6 Å². The van der Waals surface area contributed by atoms with Crippen molar-refractivity contribution >= 4 is 5.91 Å². The predicted molar refractivity (Wildman–Crippen MR) is 63.3 cm³/mol. The number of nitrogens with zero attached hydrogens (tertiary/aromatic N) is 2. The molecule has 0 radical (unpaired) electrons. The lowest BCUT2D eigenvalue weighted by Crippen LogP contribution is -2.32. The van der Waals surface area contributed by atoms with Crippen molar-refractivity contribution in [3.8, 4) is 0 Å². The number of nitrogens with one attached hydrogen (secondary N) is 1. The van der Waals surface area contributed by atoms with Gasteiger partial charge < -0.3 is 15.6 Å². The van der Waals surface area contributed by atoms with E-state index in [1.54, 1.807) is 12.5 Å². The van der Waals surface area contributed by atoms with Crippen molar-refractivity contribution in [2.24, 2.45) is 17.6 Å². The molecule has 3 N–H and O–H groups in total. The lowest BCUT2D eigenvalue weighted by Gasteiger charge is -2.27. The summed E-state index contributed by atoms with van der Waals surface area (Å²) in [5.74, 6) is 1.33. The van der Waals surface area contributed by atoms with Crippen LogP contribution >= 0.6 is 0 Å². The normalized spacial score (nSPS) is 32.5. The lowest BCUT2D eigenvalue weighted by atomic mass is 9.79. The molecule has 1 unspecified atom stereocenters. The maximum atomic E-state index is 12.2. The molecule has 5 nitrogen and oxygen atoms in total. The number of aromatic amines is 1. The van der Waals surface area contributed by atoms with Gasteiger partial charge in [0.1, 0.15) is 5.69 Å². The van der Waals surface area contributed by atoms with Crippen LogP contribution in [0.2, 0.25) is 0 Å². The van der Waals surface area contributed by atoms with Crippen LogP contribution in [-0.4, -0.2) is 39.9 Å². The molecule has 2 aliphatic rings. The Bertz CT molecular complexity index is 403.